The number of carbonyl (C=O) groups excluding carboxylic acids is 1. The largest absolute Gasteiger partial charge is 0.506 e. The fourth-order valence-electron chi connectivity index (χ4n) is 1.82. The number of benzene rings is 1. The molecule has 8 heteroatoms. The van der Waals surface area contributed by atoms with Gasteiger partial charge in [-0.05, 0) is 6.07 Å². The third-order valence-corrected chi connectivity index (χ3v) is 2.60. The van der Waals surface area contributed by atoms with Crippen LogP contribution in [-0.2, 0) is 0 Å². The van der Waals surface area contributed by atoms with E-state index >= 15 is 0 Å². The Bertz CT molecular complexity index is 506. The number of nitrogens with zero attached hydrogens (tertiary/aromatic N) is 3. The number of nitrogens with two attached hydrogens (primary N) is 1. The van der Waals surface area contributed by atoms with Crippen molar-refractivity contribution < 1.29 is 15.0 Å². The number of fused-ring (bicyclic) bond motifs is 1. The van der Waals surface area contributed by atoms with Gasteiger partial charge in [0.25, 0.3) is 0 Å². The Labute approximate surface area is 109 Å². The molecule has 18 heavy (non-hydrogen) atoms. The van der Waals surface area contributed by atoms with Crippen LogP contribution >= 0.6 is 12.4 Å². The zero-order chi connectivity index (χ0) is 12.6. The van der Waals surface area contributed by atoms with Gasteiger partial charge in [0.15, 0.2) is 0 Å². The summed E-state index contributed by atoms with van der Waals surface area (Å²) in [6, 6.07) is 2.02. The number of amides is 2. The van der Waals surface area contributed by atoms with Crippen LogP contribution in [-0.4, -0.2) is 29.8 Å². The van der Waals surface area contributed by atoms with Crippen molar-refractivity contribution in [2.24, 2.45) is 16.0 Å². The van der Waals surface area contributed by atoms with Crippen LogP contribution in [0, 0.1) is 0 Å². The molecule has 1 aliphatic rings. The van der Waals surface area contributed by atoms with Crippen LogP contribution in [0.3, 0.4) is 0 Å². The van der Waals surface area contributed by atoms with Crippen LogP contribution in [0.4, 0.5) is 16.2 Å². The Balaban J connectivity index is 0.00000162. The highest BCUT2D eigenvalue weighted by Gasteiger charge is 2.26. The van der Waals surface area contributed by atoms with Gasteiger partial charge in [-0.2, -0.15) is 0 Å². The van der Waals surface area contributed by atoms with Gasteiger partial charge in [-0.3, -0.25) is 0 Å². The first-order valence-electron chi connectivity index (χ1n) is 4.96. The predicted molar refractivity (Wildman–Crippen MR) is 67.7 cm³/mol. The third kappa shape index (κ3) is 2.52. The number of aliphatic hydroxyl groups excluding tert-OH is 1. The van der Waals surface area contributed by atoms with Gasteiger partial charge in [0, 0.05) is 30.9 Å². The molecule has 0 fully saturated rings. The van der Waals surface area contributed by atoms with E-state index in [0.717, 1.165) is 5.69 Å². The molecule has 2 amide bonds. The minimum atomic E-state index is -0.942. The lowest BCUT2D eigenvalue weighted by Gasteiger charge is -2.11. The summed E-state index contributed by atoms with van der Waals surface area (Å²) in [5.41, 5.74) is 6.29. The SMILES string of the molecule is CN1CC(O)c2cc(N=NC(N)=O)c(O)cc21.Cl. The highest BCUT2D eigenvalue weighted by Crippen LogP contribution is 2.41. The smallest absolute Gasteiger partial charge is 0.356 e. The first kappa shape index (κ1) is 14.2. The Kier molecular flexibility index (Phi) is 4.10. The average molecular weight is 273 g/mol. The van der Waals surface area contributed by atoms with Gasteiger partial charge in [-0.1, -0.05) is 5.11 Å². The van der Waals surface area contributed by atoms with Crippen LogP contribution in [0.1, 0.15) is 11.7 Å². The maximum absolute atomic E-state index is 10.5. The summed E-state index contributed by atoms with van der Waals surface area (Å²) < 4.78 is 0. The Morgan fingerprint density at radius 1 is 1.56 bits per heavy atom. The molecule has 98 valence electrons. The van der Waals surface area contributed by atoms with Crippen molar-refractivity contribution >= 4 is 29.8 Å². The minimum absolute atomic E-state index is 0. The molecule has 0 saturated heterocycles. The summed E-state index contributed by atoms with van der Waals surface area (Å²) in [5, 5.41) is 26.1. The summed E-state index contributed by atoms with van der Waals surface area (Å²) in [6.07, 6.45) is -0.641. The van der Waals surface area contributed by atoms with Crippen molar-refractivity contribution in [1.29, 1.82) is 0 Å². The van der Waals surface area contributed by atoms with E-state index in [2.05, 4.69) is 10.2 Å². The van der Waals surface area contributed by atoms with Gasteiger partial charge < -0.3 is 20.8 Å². The molecular weight excluding hydrogens is 260 g/mol. The second-order valence-electron chi connectivity index (χ2n) is 3.83. The average Bonchev–Trinajstić information content (AvgIpc) is 2.51. The van der Waals surface area contributed by atoms with E-state index in [-0.39, 0.29) is 23.8 Å². The monoisotopic (exact) mass is 272 g/mol. The number of hydrogen-bond donors (Lipinski definition) is 3. The molecule has 0 bridgehead atoms. The van der Waals surface area contributed by atoms with Crippen LogP contribution < -0.4 is 10.6 Å². The number of phenols is 1. The van der Waals surface area contributed by atoms with Gasteiger partial charge in [0.05, 0.1) is 6.10 Å². The van der Waals surface area contributed by atoms with Crippen LogP contribution in [0.2, 0.25) is 0 Å². The molecule has 0 aromatic heterocycles. The number of likely N-dealkylation sites (N-methyl/N-ethyl adjacent to an activating group) is 1. The molecule has 7 nitrogen and oxygen atoms in total. The van der Waals surface area contributed by atoms with Crippen molar-refractivity contribution in [3.05, 3.63) is 17.7 Å². The summed E-state index contributed by atoms with van der Waals surface area (Å²) in [5.74, 6) is -0.116. The van der Waals surface area contributed by atoms with E-state index in [1.54, 1.807) is 7.05 Å². The molecule has 1 aromatic rings. The maximum Gasteiger partial charge on any atom is 0.356 e. The zero-order valence-electron chi connectivity index (χ0n) is 9.57. The number of anilines is 1. The molecule has 0 spiro atoms. The molecule has 0 aliphatic carbocycles. The number of azo groups is 1. The number of hydrogen-bond acceptors (Lipinski definition) is 5. The molecular formula is C10H13ClN4O3. The minimum Gasteiger partial charge on any atom is -0.506 e. The van der Waals surface area contributed by atoms with Crippen molar-refractivity contribution in [3.63, 3.8) is 0 Å². The Morgan fingerprint density at radius 2 is 2.22 bits per heavy atom. The lowest BCUT2D eigenvalue weighted by molar-refractivity contribution is 0.195. The molecule has 1 heterocycles. The molecule has 4 N–H and O–H groups in total. The molecule has 1 unspecified atom stereocenters. The first-order chi connectivity index (χ1) is 7.99. The quantitative estimate of drug-likeness (QED) is 0.672. The molecule has 1 aromatic carbocycles. The van der Waals surface area contributed by atoms with E-state index in [9.17, 15) is 15.0 Å². The summed E-state index contributed by atoms with van der Waals surface area (Å²) in [7, 11) is 1.80. The van der Waals surface area contributed by atoms with Crippen molar-refractivity contribution in [2.75, 3.05) is 18.5 Å². The molecule has 0 saturated carbocycles. The number of aromatic hydroxyl groups is 1. The predicted octanol–water partition coefficient (Wildman–Crippen LogP) is 1.46. The van der Waals surface area contributed by atoms with Crippen molar-refractivity contribution in [2.45, 2.75) is 6.10 Å². The van der Waals surface area contributed by atoms with Crippen LogP contribution in [0.5, 0.6) is 5.75 Å². The van der Waals surface area contributed by atoms with Gasteiger partial charge in [0.1, 0.15) is 11.4 Å². The van der Waals surface area contributed by atoms with E-state index in [1.165, 1.54) is 12.1 Å². The highest BCUT2D eigenvalue weighted by atomic mass is 35.5. The summed E-state index contributed by atoms with van der Waals surface area (Å²) >= 11 is 0. The van der Waals surface area contributed by atoms with E-state index in [4.69, 9.17) is 5.73 Å². The maximum atomic E-state index is 10.5. The van der Waals surface area contributed by atoms with Crippen molar-refractivity contribution in [3.8, 4) is 5.75 Å². The lowest BCUT2D eigenvalue weighted by atomic mass is 10.1. The molecule has 1 atom stereocenters. The summed E-state index contributed by atoms with van der Waals surface area (Å²) in [4.78, 5) is 12.3. The summed E-state index contributed by atoms with van der Waals surface area (Å²) in [6.45, 7) is 0.450. The number of urea groups is 1. The van der Waals surface area contributed by atoms with Gasteiger partial charge in [-0.25, -0.2) is 4.79 Å². The fourth-order valence-corrected chi connectivity index (χ4v) is 1.82. The second kappa shape index (κ2) is 5.19. The number of aliphatic hydroxyl groups is 1. The van der Waals surface area contributed by atoms with Crippen molar-refractivity contribution in [1.82, 2.24) is 0 Å². The number of rotatable bonds is 1. The van der Waals surface area contributed by atoms with E-state index in [0.29, 0.717) is 12.1 Å². The van der Waals surface area contributed by atoms with Gasteiger partial charge >= 0.3 is 6.03 Å². The fraction of sp³-hybridized carbons (Fsp3) is 0.300. The first-order valence-corrected chi connectivity index (χ1v) is 4.96. The normalized spacial score (nSPS) is 17.7. The second-order valence-corrected chi connectivity index (χ2v) is 3.83. The number of phenolic OH excluding ortho intramolecular Hbond substituents is 1. The van der Waals surface area contributed by atoms with Crippen LogP contribution in [0.25, 0.3) is 0 Å². The van der Waals surface area contributed by atoms with Crippen LogP contribution in [0.15, 0.2) is 22.4 Å². The highest BCUT2D eigenvalue weighted by molar-refractivity contribution is 5.85. The van der Waals surface area contributed by atoms with Gasteiger partial charge in [0.2, 0.25) is 0 Å². The topological polar surface area (TPSA) is 112 Å². The van der Waals surface area contributed by atoms with E-state index in [1.807, 2.05) is 4.90 Å². The lowest BCUT2D eigenvalue weighted by Crippen LogP contribution is -2.14. The van der Waals surface area contributed by atoms with Gasteiger partial charge in [-0.15, -0.1) is 17.5 Å². The molecule has 0 radical (unpaired) electrons. The molecule has 2 rings (SSSR count). The molecule has 1 aliphatic heterocycles. The zero-order valence-corrected chi connectivity index (χ0v) is 10.4. The standard InChI is InChI=1S/C10H12N4O3.ClH/c1-14-4-9(16)5-2-6(12-13-10(11)17)8(15)3-7(5)14;/h2-3,9,15-16H,4H2,1H3,(H2,11,17);1H. The number of halogens is 1. The number of carbonyl (C=O) groups is 1. The number of β-amino-alcohol motifs (C(OH)–C–C–N with tert-alkyl or cyclic N) is 1. The third-order valence-electron chi connectivity index (χ3n) is 2.60. The Hall–Kier alpha value is -1.86. The Morgan fingerprint density at radius 3 is 2.83 bits per heavy atom. The number of primary amides is 1. The van der Waals surface area contributed by atoms with E-state index < -0.39 is 12.1 Å².